The Morgan fingerprint density at radius 2 is 1.65 bits per heavy atom. The average molecular weight is 325 g/mol. The first-order chi connectivity index (χ1) is 10.9. The molecule has 3 amide bonds. The predicted octanol–water partition coefficient (Wildman–Crippen LogP) is 0.840. The molecule has 0 atom stereocenters. The molecular weight excluding hydrogens is 298 g/mol. The number of ether oxygens (including phenoxy) is 1. The van der Waals surface area contributed by atoms with Crippen LogP contribution >= 0.6 is 0 Å². The third-order valence-electron chi connectivity index (χ3n) is 4.36. The molecule has 7 nitrogen and oxygen atoms in total. The second-order valence-electron chi connectivity index (χ2n) is 6.66. The lowest BCUT2D eigenvalue weighted by molar-refractivity contribution is -0.145. The molecule has 0 aromatic carbocycles. The van der Waals surface area contributed by atoms with Crippen LogP contribution in [0, 0.1) is 11.3 Å². The minimum absolute atomic E-state index is 0.0951. The normalized spacial score (nSPS) is 19.5. The van der Waals surface area contributed by atoms with Crippen LogP contribution in [0.1, 0.15) is 33.6 Å². The van der Waals surface area contributed by atoms with E-state index in [2.05, 4.69) is 5.32 Å². The molecule has 0 bridgehead atoms. The zero-order valence-corrected chi connectivity index (χ0v) is 14.3. The molecule has 2 fully saturated rings. The van der Waals surface area contributed by atoms with Crippen molar-refractivity contribution in [3.8, 4) is 0 Å². The molecule has 1 heterocycles. The Balaban J connectivity index is 1.87. The molecule has 0 aromatic heterocycles. The summed E-state index contributed by atoms with van der Waals surface area (Å²) in [5.74, 6) is 0.115. The van der Waals surface area contributed by atoms with E-state index in [1.54, 1.807) is 16.7 Å². The molecule has 0 unspecified atom stereocenters. The number of carbonyl (C=O) groups excluding carboxylic acids is 3. The molecule has 1 N–H and O–H groups in total. The summed E-state index contributed by atoms with van der Waals surface area (Å²) in [5.41, 5.74) is -0.860. The minimum Gasteiger partial charge on any atom is -0.450 e. The molecule has 0 radical (unpaired) electrons. The van der Waals surface area contributed by atoms with Gasteiger partial charge in [-0.3, -0.25) is 9.59 Å². The van der Waals surface area contributed by atoms with Crippen molar-refractivity contribution < 1.29 is 19.1 Å². The SMILES string of the molecule is CCOC(=O)N1CCN(C(=O)C2(C(=O)NCC(C)C)CC2)CC1. The van der Waals surface area contributed by atoms with Crippen molar-refractivity contribution in [1.29, 1.82) is 0 Å². The third kappa shape index (κ3) is 3.95. The molecular formula is C16H27N3O4. The number of hydrogen-bond acceptors (Lipinski definition) is 4. The summed E-state index contributed by atoms with van der Waals surface area (Å²) in [6.45, 7) is 8.56. The fraction of sp³-hybridized carbons (Fsp3) is 0.812. The molecule has 1 aliphatic carbocycles. The van der Waals surface area contributed by atoms with Crippen LogP contribution in [0.3, 0.4) is 0 Å². The lowest BCUT2D eigenvalue weighted by Gasteiger charge is -2.35. The van der Waals surface area contributed by atoms with E-state index in [9.17, 15) is 14.4 Å². The Kier molecular flexibility index (Phi) is 5.49. The first-order valence-electron chi connectivity index (χ1n) is 8.40. The lowest BCUT2D eigenvalue weighted by atomic mass is 10.0. The average Bonchev–Trinajstić information content (AvgIpc) is 3.34. The van der Waals surface area contributed by atoms with Crippen LogP contribution in [0.15, 0.2) is 0 Å². The van der Waals surface area contributed by atoms with Gasteiger partial charge in [-0.15, -0.1) is 0 Å². The summed E-state index contributed by atoms with van der Waals surface area (Å²) in [6, 6.07) is 0. The largest absolute Gasteiger partial charge is 0.450 e. The van der Waals surface area contributed by atoms with Crippen molar-refractivity contribution in [1.82, 2.24) is 15.1 Å². The number of piperazine rings is 1. The maximum atomic E-state index is 12.7. The zero-order chi connectivity index (χ0) is 17.0. The summed E-state index contributed by atoms with van der Waals surface area (Å²) in [7, 11) is 0. The van der Waals surface area contributed by atoms with Crippen molar-refractivity contribution in [2.45, 2.75) is 33.6 Å². The quantitative estimate of drug-likeness (QED) is 0.760. The second-order valence-corrected chi connectivity index (χ2v) is 6.66. The summed E-state index contributed by atoms with van der Waals surface area (Å²) in [4.78, 5) is 40.0. The van der Waals surface area contributed by atoms with Gasteiger partial charge in [0, 0.05) is 32.7 Å². The molecule has 2 rings (SSSR count). The summed E-state index contributed by atoms with van der Waals surface area (Å²) in [5, 5.41) is 2.88. The number of nitrogens with zero attached hydrogens (tertiary/aromatic N) is 2. The van der Waals surface area contributed by atoms with E-state index in [4.69, 9.17) is 4.74 Å². The molecule has 7 heteroatoms. The first kappa shape index (κ1) is 17.6. The van der Waals surface area contributed by atoms with E-state index in [0.717, 1.165) is 0 Å². The van der Waals surface area contributed by atoms with Gasteiger partial charge < -0.3 is 19.9 Å². The monoisotopic (exact) mass is 325 g/mol. The van der Waals surface area contributed by atoms with Crippen molar-refractivity contribution in [2.75, 3.05) is 39.3 Å². The Labute approximate surface area is 137 Å². The van der Waals surface area contributed by atoms with Gasteiger partial charge in [-0.1, -0.05) is 13.8 Å². The van der Waals surface area contributed by atoms with Gasteiger partial charge >= 0.3 is 6.09 Å². The van der Waals surface area contributed by atoms with Crippen molar-refractivity contribution in [3.05, 3.63) is 0 Å². The fourth-order valence-corrected chi connectivity index (χ4v) is 2.74. The first-order valence-corrected chi connectivity index (χ1v) is 8.40. The van der Waals surface area contributed by atoms with E-state index < -0.39 is 5.41 Å². The maximum Gasteiger partial charge on any atom is 0.409 e. The molecule has 2 aliphatic rings. The summed E-state index contributed by atoms with van der Waals surface area (Å²) >= 11 is 0. The molecule has 1 aliphatic heterocycles. The van der Waals surface area contributed by atoms with Gasteiger partial charge in [0.2, 0.25) is 11.8 Å². The van der Waals surface area contributed by atoms with Gasteiger partial charge in [-0.05, 0) is 25.7 Å². The highest BCUT2D eigenvalue weighted by molar-refractivity contribution is 6.07. The zero-order valence-electron chi connectivity index (χ0n) is 14.3. The summed E-state index contributed by atoms with van der Waals surface area (Å²) in [6.07, 6.45) is 0.900. The van der Waals surface area contributed by atoms with E-state index in [1.165, 1.54) is 0 Å². The number of nitrogens with one attached hydrogen (secondary N) is 1. The van der Waals surface area contributed by atoms with E-state index in [0.29, 0.717) is 58.1 Å². The standard InChI is InChI=1S/C16H27N3O4/c1-4-23-15(22)19-9-7-18(8-10-19)14(21)16(5-6-16)13(20)17-11-12(2)3/h12H,4-11H2,1-3H3,(H,17,20). The highest BCUT2D eigenvalue weighted by atomic mass is 16.6. The Hall–Kier alpha value is -1.79. The van der Waals surface area contributed by atoms with Crippen LogP contribution in [0.4, 0.5) is 4.79 Å². The molecule has 1 saturated heterocycles. The van der Waals surface area contributed by atoms with E-state index in [1.807, 2.05) is 13.8 Å². The Morgan fingerprint density at radius 1 is 1.09 bits per heavy atom. The number of carbonyl (C=O) groups is 3. The predicted molar refractivity (Wildman–Crippen MR) is 84.7 cm³/mol. The van der Waals surface area contributed by atoms with Gasteiger partial charge in [0.05, 0.1) is 6.61 Å². The molecule has 130 valence electrons. The van der Waals surface area contributed by atoms with Crippen LogP contribution in [0.5, 0.6) is 0 Å². The van der Waals surface area contributed by atoms with Crippen LogP contribution in [0.2, 0.25) is 0 Å². The second kappa shape index (κ2) is 7.19. The van der Waals surface area contributed by atoms with Gasteiger partial charge in [0.1, 0.15) is 5.41 Å². The third-order valence-corrected chi connectivity index (χ3v) is 4.36. The number of rotatable bonds is 5. The Bertz CT molecular complexity index is 466. The van der Waals surface area contributed by atoms with E-state index >= 15 is 0 Å². The minimum atomic E-state index is -0.860. The highest BCUT2D eigenvalue weighted by Crippen LogP contribution is 2.47. The maximum absolute atomic E-state index is 12.7. The molecule has 0 spiro atoms. The van der Waals surface area contributed by atoms with E-state index in [-0.39, 0.29) is 17.9 Å². The van der Waals surface area contributed by atoms with Crippen LogP contribution in [-0.4, -0.2) is 67.0 Å². The van der Waals surface area contributed by atoms with Crippen molar-refractivity contribution in [3.63, 3.8) is 0 Å². The van der Waals surface area contributed by atoms with Crippen LogP contribution < -0.4 is 5.32 Å². The number of hydrogen-bond donors (Lipinski definition) is 1. The number of amides is 3. The fourth-order valence-electron chi connectivity index (χ4n) is 2.74. The van der Waals surface area contributed by atoms with Gasteiger partial charge in [0.15, 0.2) is 0 Å². The molecule has 0 aromatic rings. The lowest BCUT2D eigenvalue weighted by Crippen LogP contribution is -2.54. The van der Waals surface area contributed by atoms with Crippen LogP contribution in [0.25, 0.3) is 0 Å². The van der Waals surface area contributed by atoms with Crippen molar-refractivity contribution in [2.24, 2.45) is 11.3 Å². The topological polar surface area (TPSA) is 79.0 Å². The Morgan fingerprint density at radius 3 is 2.13 bits per heavy atom. The van der Waals surface area contributed by atoms with Crippen molar-refractivity contribution >= 4 is 17.9 Å². The van der Waals surface area contributed by atoms with Crippen LogP contribution in [-0.2, 0) is 14.3 Å². The molecule has 23 heavy (non-hydrogen) atoms. The molecule has 1 saturated carbocycles. The van der Waals surface area contributed by atoms with Gasteiger partial charge in [-0.2, -0.15) is 0 Å². The highest BCUT2D eigenvalue weighted by Gasteiger charge is 2.58. The van der Waals surface area contributed by atoms with Gasteiger partial charge in [-0.25, -0.2) is 4.79 Å². The smallest absolute Gasteiger partial charge is 0.409 e. The summed E-state index contributed by atoms with van der Waals surface area (Å²) < 4.78 is 4.97. The van der Waals surface area contributed by atoms with Gasteiger partial charge in [0.25, 0.3) is 0 Å².